The van der Waals surface area contributed by atoms with Crippen LogP contribution in [-0.4, -0.2) is 65.3 Å². The SMILES string of the molecule is CCNC(=NCc1ccc(C)cc1OC1CCOC1)NCCCCOCCOC.I. The maximum Gasteiger partial charge on any atom is 0.191 e. The van der Waals surface area contributed by atoms with E-state index in [1.807, 2.05) is 0 Å². The van der Waals surface area contributed by atoms with Crippen molar-refractivity contribution >= 4 is 29.9 Å². The molecule has 1 aromatic rings. The van der Waals surface area contributed by atoms with E-state index < -0.39 is 0 Å². The monoisotopic (exact) mass is 535 g/mol. The maximum atomic E-state index is 6.18. The van der Waals surface area contributed by atoms with Gasteiger partial charge in [-0.1, -0.05) is 12.1 Å². The van der Waals surface area contributed by atoms with Crippen LogP contribution in [0.1, 0.15) is 37.3 Å². The molecule has 1 heterocycles. The Hall–Kier alpha value is -1.10. The molecule has 2 N–H and O–H groups in total. The Morgan fingerprint density at radius 1 is 1.20 bits per heavy atom. The number of halogens is 1. The number of nitrogens with zero attached hydrogens (tertiary/aromatic N) is 1. The zero-order valence-corrected chi connectivity index (χ0v) is 20.9. The minimum absolute atomic E-state index is 0. The Morgan fingerprint density at radius 2 is 2.07 bits per heavy atom. The number of aliphatic imine (C=N–C) groups is 1. The number of hydrogen-bond acceptors (Lipinski definition) is 5. The molecule has 1 aliphatic heterocycles. The second kappa shape index (κ2) is 16.6. The molecule has 1 fully saturated rings. The van der Waals surface area contributed by atoms with E-state index in [0.29, 0.717) is 26.4 Å². The molecule has 1 saturated heterocycles. The van der Waals surface area contributed by atoms with Crippen molar-refractivity contribution in [1.29, 1.82) is 0 Å². The van der Waals surface area contributed by atoms with Gasteiger partial charge < -0.3 is 29.6 Å². The summed E-state index contributed by atoms with van der Waals surface area (Å²) in [6, 6.07) is 6.30. The quantitative estimate of drug-likeness (QED) is 0.175. The lowest BCUT2D eigenvalue weighted by Gasteiger charge is -2.16. The molecule has 0 saturated carbocycles. The first kappa shape index (κ1) is 26.9. The molecule has 8 heteroatoms. The van der Waals surface area contributed by atoms with Crippen LogP contribution in [0.5, 0.6) is 5.75 Å². The first-order valence-electron chi connectivity index (χ1n) is 10.7. The third-order valence-corrected chi connectivity index (χ3v) is 4.60. The lowest BCUT2D eigenvalue weighted by molar-refractivity contribution is 0.0689. The number of nitrogens with one attached hydrogen (secondary N) is 2. The number of methoxy groups -OCH3 is 1. The van der Waals surface area contributed by atoms with Gasteiger partial charge in [0.2, 0.25) is 0 Å². The average molecular weight is 535 g/mol. The molecule has 30 heavy (non-hydrogen) atoms. The van der Waals surface area contributed by atoms with E-state index in [-0.39, 0.29) is 30.1 Å². The van der Waals surface area contributed by atoms with Gasteiger partial charge in [0.1, 0.15) is 11.9 Å². The molecule has 0 radical (unpaired) electrons. The maximum absolute atomic E-state index is 6.18. The van der Waals surface area contributed by atoms with E-state index in [0.717, 1.165) is 62.8 Å². The minimum atomic E-state index is 0. The number of guanidine groups is 1. The van der Waals surface area contributed by atoms with Gasteiger partial charge in [0.25, 0.3) is 0 Å². The van der Waals surface area contributed by atoms with Gasteiger partial charge >= 0.3 is 0 Å². The number of rotatable bonds is 13. The molecule has 1 atom stereocenters. The highest BCUT2D eigenvalue weighted by atomic mass is 127. The van der Waals surface area contributed by atoms with Crippen LogP contribution in [0.15, 0.2) is 23.2 Å². The van der Waals surface area contributed by atoms with Crippen molar-refractivity contribution in [1.82, 2.24) is 10.6 Å². The molecular formula is C22H38IN3O4. The molecule has 172 valence electrons. The third-order valence-electron chi connectivity index (χ3n) is 4.60. The van der Waals surface area contributed by atoms with Gasteiger partial charge in [-0.05, 0) is 38.3 Å². The number of benzene rings is 1. The summed E-state index contributed by atoms with van der Waals surface area (Å²) in [7, 11) is 1.68. The highest BCUT2D eigenvalue weighted by Gasteiger charge is 2.18. The Balaban J connectivity index is 0.00000450. The van der Waals surface area contributed by atoms with Gasteiger partial charge in [0, 0.05) is 38.8 Å². The van der Waals surface area contributed by atoms with Crippen LogP contribution < -0.4 is 15.4 Å². The number of aryl methyl sites for hydroxylation is 1. The van der Waals surface area contributed by atoms with Gasteiger partial charge in [0.15, 0.2) is 5.96 Å². The summed E-state index contributed by atoms with van der Waals surface area (Å²) in [5.41, 5.74) is 2.27. The van der Waals surface area contributed by atoms with Crippen LogP contribution in [-0.2, 0) is 20.8 Å². The van der Waals surface area contributed by atoms with Gasteiger partial charge in [-0.3, -0.25) is 0 Å². The number of ether oxygens (including phenoxy) is 4. The fourth-order valence-electron chi connectivity index (χ4n) is 2.97. The van der Waals surface area contributed by atoms with Crippen LogP contribution in [0.3, 0.4) is 0 Å². The van der Waals surface area contributed by atoms with Gasteiger partial charge in [-0.15, -0.1) is 24.0 Å². The number of hydrogen-bond donors (Lipinski definition) is 2. The summed E-state index contributed by atoms with van der Waals surface area (Å²) in [4.78, 5) is 4.74. The minimum Gasteiger partial charge on any atom is -0.488 e. The molecule has 2 rings (SSSR count). The van der Waals surface area contributed by atoms with E-state index >= 15 is 0 Å². The molecular weight excluding hydrogens is 497 g/mol. The highest BCUT2D eigenvalue weighted by Crippen LogP contribution is 2.24. The van der Waals surface area contributed by atoms with Crippen LogP contribution in [0.2, 0.25) is 0 Å². The Bertz CT molecular complexity index is 610. The summed E-state index contributed by atoms with van der Waals surface area (Å²) in [6.45, 7) is 9.89. The first-order chi connectivity index (χ1) is 14.2. The normalized spacial score (nSPS) is 16.2. The van der Waals surface area contributed by atoms with E-state index in [4.69, 9.17) is 23.9 Å². The first-order valence-corrected chi connectivity index (χ1v) is 10.7. The summed E-state index contributed by atoms with van der Waals surface area (Å²) in [6.07, 6.45) is 3.11. The third kappa shape index (κ3) is 10.8. The van der Waals surface area contributed by atoms with Crippen molar-refractivity contribution in [2.75, 3.05) is 53.2 Å². The van der Waals surface area contributed by atoms with Crippen molar-refractivity contribution in [3.63, 3.8) is 0 Å². The van der Waals surface area contributed by atoms with Crippen LogP contribution in [0.4, 0.5) is 0 Å². The second-order valence-corrected chi connectivity index (χ2v) is 7.15. The molecule has 0 spiro atoms. The van der Waals surface area contributed by atoms with Gasteiger partial charge in [-0.2, -0.15) is 0 Å². The van der Waals surface area contributed by atoms with Crippen molar-refractivity contribution in [2.24, 2.45) is 4.99 Å². The van der Waals surface area contributed by atoms with Crippen molar-refractivity contribution in [3.8, 4) is 5.75 Å². The Labute approximate surface area is 198 Å². The predicted molar refractivity (Wildman–Crippen MR) is 131 cm³/mol. The molecule has 1 unspecified atom stereocenters. The van der Waals surface area contributed by atoms with Gasteiger partial charge in [-0.25, -0.2) is 4.99 Å². The molecule has 7 nitrogen and oxygen atoms in total. The van der Waals surface area contributed by atoms with E-state index in [2.05, 4.69) is 42.7 Å². The molecule has 1 aliphatic rings. The summed E-state index contributed by atoms with van der Waals surface area (Å²) in [5, 5.41) is 6.70. The Kier molecular flexibility index (Phi) is 14.9. The molecule has 0 aromatic heterocycles. The summed E-state index contributed by atoms with van der Waals surface area (Å²) in [5.74, 6) is 1.73. The average Bonchev–Trinajstić information content (AvgIpc) is 3.22. The van der Waals surface area contributed by atoms with E-state index in [1.54, 1.807) is 7.11 Å². The summed E-state index contributed by atoms with van der Waals surface area (Å²) < 4.78 is 22.1. The zero-order chi connectivity index (χ0) is 20.7. The van der Waals surface area contributed by atoms with Gasteiger partial charge in [0.05, 0.1) is 33.0 Å². The van der Waals surface area contributed by atoms with E-state index in [1.165, 1.54) is 5.56 Å². The topological polar surface area (TPSA) is 73.3 Å². The van der Waals surface area contributed by atoms with Crippen molar-refractivity contribution in [3.05, 3.63) is 29.3 Å². The Morgan fingerprint density at radius 3 is 2.80 bits per heavy atom. The van der Waals surface area contributed by atoms with Crippen molar-refractivity contribution in [2.45, 2.75) is 45.8 Å². The lowest BCUT2D eigenvalue weighted by atomic mass is 10.1. The smallest absolute Gasteiger partial charge is 0.191 e. The fraction of sp³-hybridized carbons (Fsp3) is 0.682. The number of unbranched alkanes of at least 4 members (excludes halogenated alkanes) is 1. The standard InChI is InChI=1S/C22H37N3O4.HI/c1-4-23-22(24-10-5-6-11-27-14-13-26-3)25-16-19-8-7-18(2)15-21(19)29-20-9-12-28-17-20;/h7-8,15,20H,4-6,9-14,16-17H2,1-3H3,(H2,23,24,25);1H. The fourth-order valence-corrected chi connectivity index (χ4v) is 2.97. The van der Waals surface area contributed by atoms with E-state index in [9.17, 15) is 0 Å². The zero-order valence-electron chi connectivity index (χ0n) is 18.6. The molecule has 1 aromatic carbocycles. The lowest BCUT2D eigenvalue weighted by Crippen LogP contribution is -2.37. The van der Waals surface area contributed by atoms with Crippen LogP contribution >= 0.6 is 24.0 Å². The van der Waals surface area contributed by atoms with Crippen molar-refractivity contribution < 1.29 is 18.9 Å². The second-order valence-electron chi connectivity index (χ2n) is 7.15. The molecule has 0 aliphatic carbocycles. The van der Waals surface area contributed by atoms with Crippen LogP contribution in [0, 0.1) is 6.92 Å². The molecule has 0 amide bonds. The van der Waals surface area contributed by atoms with Crippen LogP contribution in [0.25, 0.3) is 0 Å². The molecule has 0 bridgehead atoms. The highest BCUT2D eigenvalue weighted by molar-refractivity contribution is 14.0. The largest absolute Gasteiger partial charge is 0.488 e. The summed E-state index contributed by atoms with van der Waals surface area (Å²) >= 11 is 0. The predicted octanol–water partition coefficient (Wildman–Crippen LogP) is 3.28.